The largest absolute Gasteiger partial charge is 0.377 e. The first-order chi connectivity index (χ1) is 18.4. The molecule has 0 aliphatic heterocycles. The van der Waals surface area contributed by atoms with Crippen LogP contribution in [0.2, 0.25) is 0 Å². The Kier molecular flexibility index (Phi) is 14.6. The molecule has 0 aliphatic carbocycles. The van der Waals surface area contributed by atoms with Crippen molar-refractivity contribution < 1.29 is 4.74 Å². The van der Waals surface area contributed by atoms with Gasteiger partial charge in [0.25, 0.3) is 0 Å². The molecule has 3 aromatic rings. The lowest BCUT2D eigenvalue weighted by molar-refractivity contribution is 0.121. The molecular weight excluding hydrogens is 483 g/mol. The van der Waals surface area contributed by atoms with Gasteiger partial charge in [0.1, 0.15) is 0 Å². The molecule has 4 heteroatoms. The molecule has 206 valence electrons. The number of unbranched alkanes of at least 4 members (excludes halogenated alkanes) is 1. The maximum atomic E-state index is 9.11. The van der Waals surface area contributed by atoms with Gasteiger partial charge in [-0.15, -0.1) is 0 Å². The quantitative estimate of drug-likeness (QED) is 0.153. The monoisotopic (exact) mass is 532 g/mol. The number of hydrogen-bond acceptors (Lipinski definition) is 3. The summed E-state index contributed by atoms with van der Waals surface area (Å²) in [6, 6.07) is 25.7. The number of nitrogens with zero attached hydrogens (tertiary/aromatic N) is 2. The summed E-state index contributed by atoms with van der Waals surface area (Å²) in [5, 5.41) is 11.7. The van der Waals surface area contributed by atoms with Crippen molar-refractivity contribution in [1.29, 1.82) is 5.26 Å². The van der Waals surface area contributed by atoms with Crippen molar-refractivity contribution in [3.63, 3.8) is 0 Å². The molecule has 38 heavy (non-hydrogen) atoms. The molecule has 0 bridgehead atoms. The van der Waals surface area contributed by atoms with Crippen LogP contribution in [0.25, 0.3) is 21.9 Å². The van der Waals surface area contributed by atoms with Crippen molar-refractivity contribution >= 4 is 18.8 Å². The Morgan fingerprint density at radius 2 is 1.58 bits per heavy atom. The van der Waals surface area contributed by atoms with E-state index in [1.165, 1.54) is 33.0 Å². The Bertz CT molecular complexity index is 1120. The molecule has 0 spiro atoms. The second kappa shape index (κ2) is 17.4. The van der Waals surface area contributed by atoms with E-state index >= 15 is 0 Å². The van der Waals surface area contributed by atoms with Crippen LogP contribution in [-0.4, -0.2) is 35.7 Å². The van der Waals surface area contributed by atoms with Crippen molar-refractivity contribution in [2.24, 2.45) is 0 Å². The van der Waals surface area contributed by atoms with Crippen LogP contribution in [0.3, 0.4) is 0 Å². The molecule has 1 atom stereocenters. The first kappa shape index (κ1) is 32.0. The zero-order chi connectivity index (χ0) is 27.9. The molecule has 3 rings (SSSR count). The number of benzene rings is 3. The van der Waals surface area contributed by atoms with E-state index < -0.39 is 0 Å². The number of fused-ring (bicyclic) bond motifs is 1. The third-order valence-corrected chi connectivity index (χ3v) is 9.67. The lowest BCUT2D eigenvalue weighted by Gasteiger charge is -2.38. The minimum Gasteiger partial charge on any atom is -0.377 e. The van der Waals surface area contributed by atoms with E-state index in [4.69, 9.17) is 10.00 Å². The van der Waals surface area contributed by atoms with E-state index in [9.17, 15) is 0 Å². The number of ether oxygens (including phenoxy) is 1. The maximum absolute atomic E-state index is 9.11. The summed E-state index contributed by atoms with van der Waals surface area (Å²) in [6.45, 7) is 16.8. The van der Waals surface area contributed by atoms with Crippen molar-refractivity contribution in [3.05, 3.63) is 71.8 Å². The van der Waals surface area contributed by atoms with Crippen LogP contribution < -0.4 is 0 Å². The van der Waals surface area contributed by atoms with Crippen LogP contribution in [0.15, 0.2) is 60.7 Å². The lowest BCUT2D eigenvalue weighted by atomic mass is 9.95. The molecule has 0 radical (unpaired) electrons. The van der Waals surface area contributed by atoms with Gasteiger partial charge in [0.05, 0.1) is 12.7 Å². The summed E-state index contributed by atoms with van der Waals surface area (Å²) in [5.74, 6) is 0. The summed E-state index contributed by atoms with van der Waals surface area (Å²) in [6.07, 6.45) is 6.01. The minimum absolute atomic E-state index is 0.303. The van der Waals surface area contributed by atoms with Crippen molar-refractivity contribution in [1.82, 2.24) is 4.67 Å². The molecule has 0 heterocycles. The molecule has 0 N–H and O–H groups in total. The highest BCUT2D eigenvalue weighted by molar-refractivity contribution is 7.55. The predicted molar refractivity (Wildman–Crippen MR) is 168 cm³/mol. The average molecular weight is 533 g/mol. The van der Waals surface area contributed by atoms with Gasteiger partial charge in [-0.05, 0) is 106 Å². The third kappa shape index (κ3) is 9.50. The molecule has 0 aromatic heterocycles. The number of aryl methyl sites for hydroxylation is 1. The second-order valence-corrected chi connectivity index (χ2v) is 12.5. The summed E-state index contributed by atoms with van der Waals surface area (Å²) in [7, 11) is -0.303. The lowest BCUT2D eigenvalue weighted by Crippen LogP contribution is -2.34. The van der Waals surface area contributed by atoms with Crippen LogP contribution in [-0.2, 0) is 17.8 Å². The van der Waals surface area contributed by atoms with Crippen LogP contribution in [0.1, 0.15) is 78.9 Å². The Morgan fingerprint density at radius 1 is 0.895 bits per heavy atom. The third-order valence-electron chi connectivity index (χ3n) is 6.52. The second-order valence-electron chi connectivity index (χ2n) is 10.2. The first-order valence-electron chi connectivity index (χ1n) is 14.5. The Hall–Kier alpha value is -2.24. The highest BCUT2D eigenvalue weighted by atomic mass is 31.1. The average Bonchev–Trinajstić information content (AvgIpc) is 2.92. The van der Waals surface area contributed by atoms with Gasteiger partial charge in [-0.2, -0.15) is 5.26 Å². The summed E-state index contributed by atoms with van der Waals surface area (Å²) in [5.41, 5.74) is 5.20. The SMILES string of the molecule is CC.CCCOCc1cc(CCP(CCCC#N)N(C(C)C)C(C)C)cc(-c2cccc3ccccc23)c1. The van der Waals surface area contributed by atoms with Gasteiger partial charge in [0, 0.05) is 25.1 Å². The molecule has 3 nitrogen and oxygen atoms in total. The van der Waals surface area contributed by atoms with E-state index in [-0.39, 0.29) is 8.07 Å². The standard InChI is InChI=1S/C32H43N2OP.C2H6/c1-6-18-35-24-28-21-27(16-20-36(19-10-9-17-33)34(25(2)3)26(4)5)22-30(23-28)32-15-11-13-29-12-7-8-14-31(29)32;1-2/h7-8,11-15,21-23,25-26H,6,9-10,16,18-20,24H2,1-5H3;1-2H3. The zero-order valence-electron chi connectivity index (χ0n) is 24.8. The number of hydrogen-bond donors (Lipinski definition) is 0. The van der Waals surface area contributed by atoms with Gasteiger partial charge >= 0.3 is 0 Å². The van der Waals surface area contributed by atoms with E-state index in [0.717, 1.165) is 38.2 Å². The topological polar surface area (TPSA) is 36.3 Å². The van der Waals surface area contributed by atoms with Gasteiger partial charge in [0.2, 0.25) is 0 Å². The minimum atomic E-state index is -0.303. The summed E-state index contributed by atoms with van der Waals surface area (Å²) >= 11 is 0. The van der Waals surface area contributed by atoms with Crippen LogP contribution >= 0.6 is 8.07 Å². The maximum Gasteiger partial charge on any atom is 0.0717 e. The van der Waals surface area contributed by atoms with Gasteiger partial charge in [0.15, 0.2) is 0 Å². The van der Waals surface area contributed by atoms with Crippen LogP contribution in [0.5, 0.6) is 0 Å². The Labute approximate surface area is 234 Å². The van der Waals surface area contributed by atoms with Crippen LogP contribution in [0, 0.1) is 11.3 Å². The molecule has 0 amide bonds. The molecule has 0 aliphatic rings. The fourth-order valence-electron chi connectivity index (χ4n) is 5.15. The zero-order valence-corrected chi connectivity index (χ0v) is 25.7. The molecule has 1 unspecified atom stereocenters. The molecule has 3 aromatic carbocycles. The Balaban J connectivity index is 0.00000247. The fraction of sp³-hybridized carbons (Fsp3) is 0.500. The normalized spacial score (nSPS) is 12.0. The Morgan fingerprint density at radius 3 is 2.26 bits per heavy atom. The number of rotatable bonds is 14. The fourth-order valence-corrected chi connectivity index (χ4v) is 8.18. The molecule has 0 saturated carbocycles. The summed E-state index contributed by atoms with van der Waals surface area (Å²) < 4.78 is 8.66. The van der Waals surface area contributed by atoms with Crippen molar-refractivity contribution in [2.45, 2.75) is 92.8 Å². The van der Waals surface area contributed by atoms with E-state index in [2.05, 4.69) is 106 Å². The highest BCUT2D eigenvalue weighted by Crippen LogP contribution is 2.45. The smallest absolute Gasteiger partial charge is 0.0717 e. The first-order valence-corrected chi connectivity index (χ1v) is 16.2. The highest BCUT2D eigenvalue weighted by Gasteiger charge is 2.23. The van der Waals surface area contributed by atoms with E-state index in [1.54, 1.807) is 0 Å². The van der Waals surface area contributed by atoms with Crippen LogP contribution in [0.4, 0.5) is 0 Å². The summed E-state index contributed by atoms with van der Waals surface area (Å²) in [4.78, 5) is 0. The van der Waals surface area contributed by atoms with Crippen molar-refractivity contribution in [3.8, 4) is 17.2 Å². The van der Waals surface area contributed by atoms with Crippen molar-refractivity contribution in [2.75, 3.05) is 18.9 Å². The van der Waals surface area contributed by atoms with Gasteiger partial charge in [-0.1, -0.05) is 75.4 Å². The van der Waals surface area contributed by atoms with E-state index in [1.807, 2.05) is 13.8 Å². The molecule has 0 saturated heterocycles. The molecule has 0 fully saturated rings. The number of nitriles is 1. The van der Waals surface area contributed by atoms with E-state index in [0.29, 0.717) is 25.1 Å². The van der Waals surface area contributed by atoms with Gasteiger partial charge < -0.3 is 4.74 Å². The van der Waals surface area contributed by atoms with Gasteiger partial charge in [-0.25, -0.2) is 0 Å². The molecular formula is C34H49N2OP. The van der Waals surface area contributed by atoms with Gasteiger partial charge in [-0.3, -0.25) is 4.67 Å². The predicted octanol–water partition coefficient (Wildman–Crippen LogP) is 9.82.